The summed E-state index contributed by atoms with van der Waals surface area (Å²) < 4.78 is 15.9. The molecule has 0 unspecified atom stereocenters. The Hall–Kier alpha value is -3.78. The molecule has 4 rings (SSSR count). The first-order valence-electron chi connectivity index (χ1n) is 8.40. The van der Waals surface area contributed by atoms with Gasteiger partial charge in [0.25, 0.3) is 0 Å². The summed E-state index contributed by atoms with van der Waals surface area (Å²) in [4.78, 5) is 17.4. The number of anilines is 2. The Morgan fingerprint density at radius 1 is 1.14 bits per heavy atom. The number of carbonyl (C=O) groups is 1. The zero-order chi connectivity index (χ0) is 19.7. The third kappa shape index (κ3) is 2.95. The molecule has 0 bridgehead atoms. The number of hydrogen-bond acceptors (Lipinski definition) is 4. The van der Waals surface area contributed by atoms with Crippen LogP contribution in [0.25, 0.3) is 16.6 Å². The van der Waals surface area contributed by atoms with Crippen molar-refractivity contribution < 1.29 is 19.4 Å². The maximum atomic E-state index is 14.7. The standard InChI is InChI=1S/C20H15FN4O3/c21-16-5-3-7-18(19(16)25-14(12-26)8-9-23-25)24(20(27)28)15-10-13-4-1-2-6-17(13)22-11-15/h1-11,26H,12H2,(H,27,28). The smallest absolute Gasteiger partial charge is 0.416 e. The number of benzene rings is 2. The topological polar surface area (TPSA) is 91.5 Å². The van der Waals surface area contributed by atoms with Crippen molar-refractivity contribution in [2.24, 2.45) is 0 Å². The minimum atomic E-state index is -1.30. The van der Waals surface area contributed by atoms with E-state index in [1.165, 1.54) is 41.3 Å². The maximum absolute atomic E-state index is 14.7. The third-order valence-electron chi connectivity index (χ3n) is 4.33. The summed E-state index contributed by atoms with van der Waals surface area (Å²) in [5, 5.41) is 24.2. The summed E-state index contributed by atoms with van der Waals surface area (Å²) >= 11 is 0. The third-order valence-corrected chi connectivity index (χ3v) is 4.33. The van der Waals surface area contributed by atoms with Gasteiger partial charge in [0.1, 0.15) is 5.69 Å². The number of aromatic nitrogens is 3. The van der Waals surface area contributed by atoms with Crippen LogP contribution in [0.5, 0.6) is 0 Å². The zero-order valence-corrected chi connectivity index (χ0v) is 14.5. The Morgan fingerprint density at radius 3 is 2.75 bits per heavy atom. The van der Waals surface area contributed by atoms with Crippen molar-refractivity contribution >= 4 is 28.4 Å². The number of nitrogens with zero attached hydrogens (tertiary/aromatic N) is 4. The predicted molar refractivity (Wildman–Crippen MR) is 101 cm³/mol. The van der Waals surface area contributed by atoms with E-state index in [2.05, 4.69) is 10.1 Å². The van der Waals surface area contributed by atoms with Gasteiger partial charge >= 0.3 is 6.09 Å². The van der Waals surface area contributed by atoms with E-state index in [4.69, 9.17) is 0 Å². The first-order valence-corrected chi connectivity index (χ1v) is 8.40. The van der Waals surface area contributed by atoms with Crippen LogP contribution in [0.2, 0.25) is 0 Å². The van der Waals surface area contributed by atoms with Gasteiger partial charge in [-0.3, -0.25) is 4.98 Å². The molecular formula is C20H15FN4O3. The number of amides is 1. The van der Waals surface area contributed by atoms with Gasteiger partial charge in [0.15, 0.2) is 5.82 Å². The van der Waals surface area contributed by atoms with Gasteiger partial charge in [-0.1, -0.05) is 24.3 Å². The summed E-state index contributed by atoms with van der Waals surface area (Å²) in [6, 6.07) is 14.6. The molecule has 2 heterocycles. The van der Waals surface area contributed by atoms with Crippen molar-refractivity contribution in [3.05, 3.63) is 78.5 Å². The normalized spacial score (nSPS) is 10.9. The number of hydrogen-bond donors (Lipinski definition) is 2. The number of pyridine rings is 1. The van der Waals surface area contributed by atoms with Gasteiger partial charge in [-0.05, 0) is 30.3 Å². The maximum Gasteiger partial charge on any atom is 0.416 e. The molecule has 0 atom stereocenters. The van der Waals surface area contributed by atoms with Crippen LogP contribution in [0.4, 0.5) is 20.6 Å². The van der Waals surface area contributed by atoms with Gasteiger partial charge in [0.2, 0.25) is 0 Å². The first-order chi connectivity index (χ1) is 13.6. The lowest BCUT2D eigenvalue weighted by Crippen LogP contribution is -2.26. The Bertz CT molecular complexity index is 1180. The van der Waals surface area contributed by atoms with Gasteiger partial charge in [-0.2, -0.15) is 5.10 Å². The van der Waals surface area contributed by atoms with E-state index in [0.717, 1.165) is 10.3 Å². The van der Waals surface area contributed by atoms with Crippen LogP contribution >= 0.6 is 0 Å². The van der Waals surface area contributed by atoms with E-state index in [-0.39, 0.29) is 23.7 Å². The number of fused-ring (bicyclic) bond motifs is 1. The molecule has 0 saturated heterocycles. The molecule has 0 aliphatic rings. The summed E-state index contributed by atoms with van der Waals surface area (Å²) in [6.45, 7) is -0.377. The molecule has 1 amide bonds. The van der Waals surface area contributed by atoms with Gasteiger partial charge in [-0.25, -0.2) is 18.8 Å². The van der Waals surface area contributed by atoms with Crippen molar-refractivity contribution in [2.45, 2.75) is 6.61 Å². The van der Waals surface area contributed by atoms with Crippen LogP contribution in [0.3, 0.4) is 0 Å². The molecule has 0 saturated carbocycles. The van der Waals surface area contributed by atoms with E-state index in [1.807, 2.05) is 24.3 Å². The molecule has 2 N–H and O–H groups in total. The number of aliphatic hydroxyl groups is 1. The van der Waals surface area contributed by atoms with E-state index in [9.17, 15) is 19.4 Å². The van der Waals surface area contributed by atoms with Gasteiger partial charge in [-0.15, -0.1) is 0 Å². The van der Waals surface area contributed by atoms with E-state index in [0.29, 0.717) is 11.2 Å². The molecule has 0 fully saturated rings. The zero-order valence-electron chi connectivity index (χ0n) is 14.5. The molecule has 140 valence electrons. The minimum Gasteiger partial charge on any atom is -0.464 e. The van der Waals surface area contributed by atoms with Crippen molar-refractivity contribution in [3.8, 4) is 5.69 Å². The monoisotopic (exact) mass is 378 g/mol. The largest absolute Gasteiger partial charge is 0.464 e. The fourth-order valence-electron chi connectivity index (χ4n) is 3.08. The van der Waals surface area contributed by atoms with Crippen LogP contribution in [0, 0.1) is 5.82 Å². The molecular weight excluding hydrogens is 363 g/mol. The van der Waals surface area contributed by atoms with Gasteiger partial charge < -0.3 is 10.2 Å². The number of carboxylic acid groups (broad SMARTS) is 1. The average Bonchev–Trinajstić information content (AvgIpc) is 3.16. The van der Waals surface area contributed by atoms with Crippen LogP contribution in [-0.2, 0) is 6.61 Å². The Labute approximate surface area is 158 Å². The Balaban J connectivity index is 1.94. The van der Waals surface area contributed by atoms with Gasteiger partial charge in [0.05, 0.1) is 35.4 Å². The molecule has 0 radical (unpaired) electrons. The fraction of sp³-hybridized carbons (Fsp3) is 0.0500. The van der Waals surface area contributed by atoms with Crippen molar-refractivity contribution in [2.75, 3.05) is 4.90 Å². The average molecular weight is 378 g/mol. The quantitative estimate of drug-likeness (QED) is 0.563. The summed E-state index contributed by atoms with van der Waals surface area (Å²) in [7, 11) is 0. The molecule has 0 aliphatic heterocycles. The second-order valence-corrected chi connectivity index (χ2v) is 6.00. The number of aliphatic hydroxyl groups excluding tert-OH is 1. The second kappa shape index (κ2) is 7.09. The lowest BCUT2D eigenvalue weighted by Gasteiger charge is -2.23. The fourth-order valence-corrected chi connectivity index (χ4v) is 3.08. The SMILES string of the molecule is O=C(O)N(c1cnc2ccccc2c1)c1cccc(F)c1-n1nccc1CO. The highest BCUT2D eigenvalue weighted by atomic mass is 19.1. The predicted octanol–water partition coefficient (Wildman–Crippen LogP) is 3.87. The lowest BCUT2D eigenvalue weighted by molar-refractivity contribution is 0.204. The van der Waals surface area contributed by atoms with Crippen LogP contribution in [-0.4, -0.2) is 31.1 Å². The minimum absolute atomic E-state index is 0.0583. The summed E-state index contributed by atoms with van der Waals surface area (Å²) in [5.74, 6) is -0.670. The number of para-hydroxylation sites is 2. The Morgan fingerprint density at radius 2 is 1.96 bits per heavy atom. The molecule has 2 aromatic heterocycles. The molecule has 0 aliphatic carbocycles. The highest BCUT2D eigenvalue weighted by molar-refractivity contribution is 5.98. The molecule has 0 spiro atoms. The van der Waals surface area contributed by atoms with Crippen molar-refractivity contribution in [3.63, 3.8) is 0 Å². The lowest BCUT2D eigenvalue weighted by atomic mass is 10.1. The van der Waals surface area contributed by atoms with E-state index in [1.54, 1.807) is 6.07 Å². The molecule has 4 aromatic rings. The highest BCUT2D eigenvalue weighted by Gasteiger charge is 2.25. The van der Waals surface area contributed by atoms with Crippen molar-refractivity contribution in [1.82, 2.24) is 14.8 Å². The molecule has 28 heavy (non-hydrogen) atoms. The van der Waals surface area contributed by atoms with Gasteiger partial charge in [0, 0.05) is 11.6 Å². The number of halogens is 1. The summed E-state index contributed by atoms with van der Waals surface area (Å²) in [6.07, 6.45) is 1.52. The molecule has 8 heteroatoms. The van der Waals surface area contributed by atoms with Crippen molar-refractivity contribution in [1.29, 1.82) is 0 Å². The first kappa shape index (κ1) is 17.6. The van der Waals surface area contributed by atoms with Crippen LogP contribution in [0.15, 0.2) is 67.0 Å². The van der Waals surface area contributed by atoms with Crippen LogP contribution < -0.4 is 4.90 Å². The van der Waals surface area contributed by atoms with Crippen LogP contribution in [0.1, 0.15) is 5.69 Å². The molecule has 7 nitrogen and oxygen atoms in total. The second-order valence-electron chi connectivity index (χ2n) is 6.00. The molecule has 2 aromatic carbocycles. The highest BCUT2D eigenvalue weighted by Crippen LogP contribution is 2.34. The van der Waals surface area contributed by atoms with E-state index >= 15 is 0 Å². The Kier molecular flexibility index (Phi) is 4.46. The number of rotatable bonds is 4. The van der Waals surface area contributed by atoms with E-state index < -0.39 is 11.9 Å². The summed E-state index contributed by atoms with van der Waals surface area (Å²) in [5.41, 5.74) is 1.28.